The predicted octanol–water partition coefficient (Wildman–Crippen LogP) is 3.54. The first-order valence-electron chi connectivity index (χ1n) is 9.37. The van der Waals surface area contributed by atoms with Gasteiger partial charge in [-0.25, -0.2) is 0 Å². The van der Waals surface area contributed by atoms with Crippen LogP contribution in [0.3, 0.4) is 0 Å². The summed E-state index contributed by atoms with van der Waals surface area (Å²) in [6, 6.07) is 17.6. The summed E-state index contributed by atoms with van der Waals surface area (Å²) < 4.78 is 5.19. The zero-order valence-electron chi connectivity index (χ0n) is 16.2. The van der Waals surface area contributed by atoms with E-state index in [1.807, 2.05) is 42.5 Å². The maximum Gasteiger partial charge on any atom is 0.310 e. The van der Waals surface area contributed by atoms with Crippen molar-refractivity contribution in [2.75, 3.05) is 13.7 Å². The number of esters is 1. The van der Waals surface area contributed by atoms with Crippen molar-refractivity contribution in [3.63, 3.8) is 0 Å². The summed E-state index contributed by atoms with van der Waals surface area (Å²) in [4.78, 5) is 30.4. The number of para-hydroxylation sites is 1. The van der Waals surface area contributed by atoms with Gasteiger partial charge in [-0.15, -0.1) is 0 Å². The van der Waals surface area contributed by atoms with Crippen molar-refractivity contribution < 1.29 is 14.3 Å². The van der Waals surface area contributed by atoms with E-state index in [1.165, 1.54) is 5.56 Å². The quantitative estimate of drug-likeness (QED) is 0.592. The number of pyridine rings is 1. The second-order valence-electron chi connectivity index (χ2n) is 6.75. The molecule has 3 rings (SSSR count). The number of rotatable bonds is 7. The Kier molecular flexibility index (Phi) is 6.37. The highest BCUT2D eigenvalue weighted by molar-refractivity contribution is 5.86. The van der Waals surface area contributed by atoms with Crippen LogP contribution in [-0.4, -0.2) is 35.4 Å². The summed E-state index contributed by atoms with van der Waals surface area (Å²) in [5.74, 6) is -0.670. The van der Waals surface area contributed by atoms with Crippen LogP contribution < -0.4 is 0 Å². The van der Waals surface area contributed by atoms with Gasteiger partial charge in [-0.1, -0.05) is 55.5 Å². The van der Waals surface area contributed by atoms with Crippen LogP contribution in [0.25, 0.3) is 10.9 Å². The molecule has 0 spiro atoms. The number of aryl methyl sites for hydroxylation is 1. The molecule has 144 valence electrons. The normalized spacial score (nSPS) is 10.6. The molecule has 0 bridgehead atoms. The molecular weight excluding hydrogens is 352 g/mol. The van der Waals surface area contributed by atoms with E-state index in [-0.39, 0.29) is 18.9 Å². The Hall–Kier alpha value is -3.21. The number of nitrogens with zero attached hydrogens (tertiary/aromatic N) is 2. The molecule has 1 heterocycles. The van der Waals surface area contributed by atoms with E-state index in [0.29, 0.717) is 6.54 Å². The zero-order chi connectivity index (χ0) is 19.9. The van der Waals surface area contributed by atoms with Gasteiger partial charge in [-0.2, -0.15) is 0 Å². The van der Waals surface area contributed by atoms with Gasteiger partial charge in [-0.05, 0) is 29.2 Å². The number of aromatic nitrogens is 1. The van der Waals surface area contributed by atoms with Crippen molar-refractivity contribution in [3.05, 3.63) is 77.5 Å². The number of amides is 1. The third-order valence-electron chi connectivity index (χ3n) is 4.68. The molecule has 0 saturated carbocycles. The maximum atomic E-state index is 12.3. The van der Waals surface area contributed by atoms with E-state index in [4.69, 9.17) is 4.74 Å². The van der Waals surface area contributed by atoms with Crippen LogP contribution in [0.1, 0.15) is 23.6 Å². The lowest BCUT2D eigenvalue weighted by molar-refractivity contribution is -0.151. The minimum atomic E-state index is -0.438. The summed E-state index contributed by atoms with van der Waals surface area (Å²) in [6.45, 7) is 2.32. The number of hydrogen-bond acceptors (Lipinski definition) is 4. The lowest BCUT2D eigenvalue weighted by atomic mass is 10.1. The zero-order valence-corrected chi connectivity index (χ0v) is 16.2. The molecule has 3 aromatic rings. The van der Waals surface area contributed by atoms with Crippen molar-refractivity contribution >= 4 is 22.8 Å². The van der Waals surface area contributed by atoms with Crippen molar-refractivity contribution in [2.24, 2.45) is 0 Å². The van der Waals surface area contributed by atoms with Gasteiger partial charge in [0, 0.05) is 25.2 Å². The number of carbonyl (C=O) groups is 2. The topological polar surface area (TPSA) is 59.5 Å². The first-order chi connectivity index (χ1) is 13.6. The average Bonchev–Trinajstić information content (AvgIpc) is 2.73. The molecule has 0 unspecified atom stereocenters. The molecule has 0 aliphatic heterocycles. The van der Waals surface area contributed by atoms with Gasteiger partial charge in [0.25, 0.3) is 5.91 Å². The second kappa shape index (κ2) is 9.13. The van der Waals surface area contributed by atoms with Crippen LogP contribution in [0.4, 0.5) is 0 Å². The van der Waals surface area contributed by atoms with Crippen LogP contribution >= 0.6 is 0 Å². The molecule has 0 atom stereocenters. The molecule has 0 fully saturated rings. The summed E-state index contributed by atoms with van der Waals surface area (Å²) in [5, 5.41) is 0.970. The summed E-state index contributed by atoms with van der Waals surface area (Å²) in [6.07, 6.45) is 2.77. The SMILES string of the molecule is CCc1ccc(CN(C)C(=O)COC(=O)Cc2cccc3cccnc23)cc1. The van der Waals surface area contributed by atoms with E-state index < -0.39 is 5.97 Å². The molecule has 28 heavy (non-hydrogen) atoms. The highest BCUT2D eigenvalue weighted by Crippen LogP contribution is 2.16. The Morgan fingerprint density at radius 3 is 2.46 bits per heavy atom. The first-order valence-corrected chi connectivity index (χ1v) is 9.37. The summed E-state index contributed by atoms with van der Waals surface area (Å²) in [7, 11) is 1.71. The standard InChI is InChI=1S/C23H24N2O3/c1-3-17-9-11-18(12-10-17)15-25(2)21(26)16-28-22(27)14-20-7-4-6-19-8-5-13-24-23(19)20/h4-13H,3,14-16H2,1-2H3. The molecule has 1 amide bonds. The van der Waals surface area contributed by atoms with Gasteiger partial charge in [0.05, 0.1) is 11.9 Å². The van der Waals surface area contributed by atoms with Gasteiger partial charge >= 0.3 is 5.97 Å². The van der Waals surface area contributed by atoms with Gasteiger partial charge < -0.3 is 9.64 Å². The molecular formula is C23H24N2O3. The largest absolute Gasteiger partial charge is 0.455 e. The Morgan fingerprint density at radius 1 is 1.00 bits per heavy atom. The first kappa shape index (κ1) is 19.5. The molecule has 0 N–H and O–H groups in total. The second-order valence-corrected chi connectivity index (χ2v) is 6.75. The molecule has 1 aromatic heterocycles. The molecule has 2 aromatic carbocycles. The molecule has 5 nitrogen and oxygen atoms in total. The molecule has 0 aliphatic carbocycles. The maximum absolute atomic E-state index is 12.3. The Labute approximate surface area is 165 Å². The summed E-state index contributed by atoms with van der Waals surface area (Å²) >= 11 is 0. The lowest BCUT2D eigenvalue weighted by Crippen LogP contribution is -2.31. The minimum Gasteiger partial charge on any atom is -0.455 e. The highest BCUT2D eigenvalue weighted by atomic mass is 16.5. The van der Waals surface area contributed by atoms with Gasteiger partial charge in [0.15, 0.2) is 6.61 Å². The number of hydrogen-bond donors (Lipinski definition) is 0. The highest BCUT2D eigenvalue weighted by Gasteiger charge is 2.14. The van der Waals surface area contributed by atoms with E-state index in [1.54, 1.807) is 18.1 Å². The molecule has 0 aliphatic rings. The number of benzene rings is 2. The van der Waals surface area contributed by atoms with Gasteiger partial charge in [0.2, 0.25) is 0 Å². The van der Waals surface area contributed by atoms with Crippen molar-refractivity contribution in [2.45, 2.75) is 26.3 Å². The number of carbonyl (C=O) groups excluding carboxylic acids is 2. The predicted molar refractivity (Wildman–Crippen MR) is 109 cm³/mol. The lowest BCUT2D eigenvalue weighted by Gasteiger charge is -2.17. The number of fused-ring (bicyclic) bond motifs is 1. The third kappa shape index (κ3) is 4.94. The molecule has 0 saturated heterocycles. The molecule has 0 radical (unpaired) electrons. The van der Waals surface area contributed by atoms with Crippen LogP contribution in [0, 0.1) is 0 Å². The van der Waals surface area contributed by atoms with Crippen molar-refractivity contribution in [3.8, 4) is 0 Å². The summed E-state index contributed by atoms with van der Waals surface area (Å²) in [5.41, 5.74) is 3.87. The van der Waals surface area contributed by atoms with Crippen molar-refractivity contribution in [1.29, 1.82) is 0 Å². The minimum absolute atomic E-state index is 0.0871. The van der Waals surface area contributed by atoms with E-state index >= 15 is 0 Å². The van der Waals surface area contributed by atoms with Crippen LogP contribution in [0.2, 0.25) is 0 Å². The van der Waals surface area contributed by atoms with E-state index in [2.05, 4.69) is 24.0 Å². The van der Waals surface area contributed by atoms with Gasteiger partial charge in [0.1, 0.15) is 0 Å². The number of likely N-dealkylation sites (N-methyl/N-ethyl adjacent to an activating group) is 1. The van der Waals surface area contributed by atoms with Crippen LogP contribution in [0.5, 0.6) is 0 Å². The third-order valence-corrected chi connectivity index (χ3v) is 4.68. The van der Waals surface area contributed by atoms with E-state index in [9.17, 15) is 9.59 Å². The van der Waals surface area contributed by atoms with Crippen LogP contribution in [0.15, 0.2) is 60.8 Å². The van der Waals surface area contributed by atoms with Crippen LogP contribution in [-0.2, 0) is 33.7 Å². The smallest absolute Gasteiger partial charge is 0.310 e. The van der Waals surface area contributed by atoms with Gasteiger partial charge in [-0.3, -0.25) is 14.6 Å². The fourth-order valence-electron chi connectivity index (χ4n) is 3.01. The van der Waals surface area contributed by atoms with Crippen molar-refractivity contribution in [1.82, 2.24) is 9.88 Å². The Balaban J connectivity index is 1.52. The van der Waals surface area contributed by atoms with E-state index in [0.717, 1.165) is 28.5 Å². The monoisotopic (exact) mass is 376 g/mol. The average molecular weight is 376 g/mol. The fraction of sp³-hybridized carbons (Fsp3) is 0.261. The molecule has 5 heteroatoms. The fourth-order valence-corrected chi connectivity index (χ4v) is 3.01. The Bertz CT molecular complexity index is 962. The Morgan fingerprint density at radius 2 is 1.71 bits per heavy atom. The number of ether oxygens (including phenoxy) is 1.